The molecule has 1 aliphatic heterocycles. The molecule has 1 nitrogen and oxygen atoms in total. The fourth-order valence-corrected chi connectivity index (χ4v) is 3.91. The molecule has 0 N–H and O–H groups in total. The molecule has 0 spiro atoms. The molecular weight excluding hydrogens is 292 g/mol. The van der Waals surface area contributed by atoms with E-state index in [4.69, 9.17) is 4.74 Å². The second kappa shape index (κ2) is 6.16. The molecule has 120 valence electrons. The Morgan fingerprint density at radius 3 is 2.58 bits per heavy atom. The Balaban J connectivity index is 2.01. The van der Waals surface area contributed by atoms with Gasteiger partial charge in [-0.2, -0.15) is 0 Å². The van der Waals surface area contributed by atoms with E-state index < -0.39 is 0 Å². The van der Waals surface area contributed by atoms with E-state index in [1.54, 1.807) is 0 Å². The first-order chi connectivity index (χ1) is 11.8. The van der Waals surface area contributed by atoms with Crippen molar-refractivity contribution in [2.24, 2.45) is 0 Å². The number of fused-ring (bicyclic) bond motifs is 4. The quantitative estimate of drug-likeness (QED) is 0.510. The van der Waals surface area contributed by atoms with Gasteiger partial charge < -0.3 is 4.74 Å². The summed E-state index contributed by atoms with van der Waals surface area (Å²) < 4.78 is 6.32. The molecule has 0 radical (unpaired) electrons. The molecule has 1 heteroatoms. The highest BCUT2D eigenvalue weighted by molar-refractivity contribution is 5.90. The summed E-state index contributed by atoms with van der Waals surface area (Å²) in [4.78, 5) is 0. The van der Waals surface area contributed by atoms with Crippen LogP contribution in [-0.2, 0) is 0 Å². The first-order valence-electron chi connectivity index (χ1n) is 8.78. The van der Waals surface area contributed by atoms with Crippen molar-refractivity contribution in [3.05, 3.63) is 77.4 Å². The Bertz CT molecular complexity index is 920. The average molecular weight is 314 g/mol. The molecule has 3 aromatic rings. The predicted octanol–water partition coefficient (Wildman–Crippen LogP) is 6.91. The number of hydrogen-bond donors (Lipinski definition) is 0. The maximum absolute atomic E-state index is 6.32. The van der Waals surface area contributed by atoms with Crippen LogP contribution >= 0.6 is 0 Å². The number of benzene rings is 3. The van der Waals surface area contributed by atoms with Crippen molar-refractivity contribution in [1.82, 2.24) is 0 Å². The summed E-state index contributed by atoms with van der Waals surface area (Å²) in [6.45, 7) is 4.33. The van der Waals surface area contributed by atoms with Gasteiger partial charge in [-0.1, -0.05) is 68.0 Å². The Morgan fingerprint density at radius 2 is 1.75 bits per heavy atom. The van der Waals surface area contributed by atoms with Crippen molar-refractivity contribution in [3.8, 4) is 11.5 Å². The highest BCUT2D eigenvalue weighted by Crippen LogP contribution is 2.50. The third-order valence-corrected chi connectivity index (χ3v) is 4.87. The number of allylic oxidation sites excluding steroid dienone is 1. The second-order valence-corrected chi connectivity index (χ2v) is 6.40. The van der Waals surface area contributed by atoms with E-state index in [9.17, 15) is 0 Å². The molecule has 3 aromatic carbocycles. The second-order valence-electron chi connectivity index (χ2n) is 6.40. The monoisotopic (exact) mass is 314 g/mol. The number of hydrogen-bond acceptors (Lipinski definition) is 1. The third-order valence-electron chi connectivity index (χ3n) is 4.87. The molecule has 1 unspecified atom stereocenters. The summed E-state index contributed by atoms with van der Waals surface area (Å²) >= 11 is 0. The van der Waals surface area contributed by atoms with Crippen LogP contribution in [-0.4, -0.2) is 0 Å². The molecule has 0 aliphatic carbocycles. The van der Waals surface area contributed by atoms with Crippen LogP contribution in [0.5, 0.6) is 11.5 Å². The Labute approximate surface area is 143 Å². The first-order valence-corrected chi connectivity index (χ1v) is 8.78. The van der Waals surface area contributed by atoms with Crippen LogP contribution in [0.1, 0.15) is 49.3 Å². The molecule has 0 fully saturated rings. The molecular formula is C23H22O. The van der Waals surface area contributed by atoms with Crippen molar-refractivity contribution in [2.75, 3.05) is 0 Å². The fourth-order valence-electron chi connectivity index (χ4n) is 3.91. The van der Waals surface area contributed by atoms with E-state index in [0.717, 1.165) is 24.3 Å². The third kappa shape index (κ3) is 2.32. The topological polar surface area (TPSA) is 9.23 Å². The predicted molar refractivity (Wildman–Crippen MR) is 102 cm³/mol. The zero-order chi connectivity index (χ0) is 16.5. The SMILES string of the molecule is C/C=C\c1cccc2c1C(CCC)c1c(ccc3ccccc13)O2. The summed E-state index contributed by atoms with van der Waals surface area (Å²) in [5, 5.41) is 2.60. The van der Waals surface area contributed by atoms with Gasteiger partial charge in [0.2, 0.25) is 0 Å². The van der Waals surface area contributed by atoms with Gasteiger partial charge in [0.1, 0.15) is 11.5 Å². The van der Waals surface area contributed by atoms with Crippen molar-refractivity contribution >= 4 is 16.8 Å². The highest BCUT2D eigenvalue weighted by Gasteiger charge is 2.29. The van der Waals surface area contributed by atoms with E-state index in [0.29, 0.717) is 5.92 Å². The number of rotatable bonds is 3. The van der Waals surface area contributed by atoms with Gasteiger partial charge in [0.25, 0.3) is 0 Å². The lowest BCUT2D eigenvalue weighted by Gasteiger charge is -2.30. The molecule has 0 aromatic heterocycles. The molecule has 1 heterocycles. The summed E-state index contributed by atoms with van der Waals surface area (Å²) in [7, 11) is 0. The van der Waals surface area contributed by atoms with Crippen molar-refractivity contribution in [1.29, 1.82) is 0 Å². The van der Waals surface area contributed by atoms with Crippen LogP contribution in [0.25, 0.3) is 16.8 Å². The zero-order valence-corrected chi connectivity index (χ0v) is 14.3. The smallest absolute Gasteiger partial charge is 0.131 e. The Morgan fingerprint density at radius 1 is 0.917 bits per heavy atom. The summed E-state index contributed by atoms with van der Waals surface area (Å²) in [6.07, 6.45) is 6.58. The van der Waals surface area contributed by atoms with Gasteiger partial charge in [-0.05, 0) is 41.8 Å². The summed E-state index contributed by atoms with van der Waals surface area (Å²) in [5.74, 6) is 2.40. The molecule has 0 bridgehead atoms. The van der Waals surface area contributed by atoms with Gasteiger partial charge >= 0.3 is 0 Å². The largest absolute Gasteiger partial charge is 0.457 e. The zero-order valence-electron chi connectivity index (χ0n) is 14.3. The lowest BCUT2D eigenvalue weighted by Crippen LogP contribution is -2.12. The van der Waals surface area contributed by atoms with Gasteiger partial charge in [-0.25, -0.2) is 0 Å². The Kier molecular flexibility index (Phi) is 3.86. The molecule has 1 aliphatic rings. The fraction of sp³-hybridized carbons (Fsp3) is 0.217. The summed E-state index contributed by atoms with van der Waals surface area (Å²) in [5.41, 5.74) is 3.95. The van der Waals surface area contributed by atoms with Crippen molar-refractivity contribution in [2.45, 2.75) is 32.6 Å². The van der Waals surface area contributed by atoms with Gasteiger partial charge in [0.15, 0.2) is 0 Å². The van der Waals surface area contributed by atoms with E-state index >= 15 is 0 Å². The molecule has 24 heavy (non-hydrogen) atoms. The van der Waals surface area contributed by atoms with E-state index in [-0.39, 0.29) is 0 Å². The standard InChI is InChI=1S/C23H22O/c1-3-8-17-11-7-13-20-22(17)19(9-4-2)23-18-12-6-5-10-16(18)14-15-21(23)24-20/h3,5-8,10-15,19H,4,9H2,1-2H3/b8-3-. The molecule has 0 saturated heterocycles. The van der Waals surface area contributed by atoms with Gasteiger partial charge in [-0.15, -0.1) is 0 Å². The van der Waals surface area contributed by atoms with Gasteiger partial charge in [-0.3, -0.25) is 0 Å². The van der Waals surface area contributed by atoms with Crippen LogP contribution in [0, 0.1) is 0 Å². The maximum Gasteiger partial charge on any atom is 0.131 e. The van der Waals surface area contributed by atoms with Crippen LogP contribution in [0.4, 0.5) is 0 Å². The maximum atomic E-state index is 6.32. The lowest BCUT2D eigenvalue weighted by molar-refractivity contribution is 0.441. The van der Waals surface area contributed by atoms with E-state index in [1.807, 2.05) is 0 Å². The van der Waals surface area contributed by atoms with E-state index in [2.05, 4.69) is 80.6 Å². The molecule has 0 saturated carbocycles. The van der Waals surface area contributed by atoms with Crippen LogP contribution in [0.15, 0.2) is 60.7 Å². The minimum atomic E-state index is 0.382. The normalized spacial score (nSPS) is 16.0. The van der Waals surface area contributed by atoms with Crippen LogP contribution in [0.2, 0.25) is 0 Å². The lowest BCUT2D eigenvalue weighted by atomic mass is 9.80. The van der Waals surface area contributed by atoms with Crippen molar-refractivity contribution < 1.29 is 4.74 Å². The Hall–Kier alpha value is -2.54. The molecule has 4 rings (SSSR count). The summed E-state index contributed by atoms with van der Waals surface area (Å²) in [6, 6.07) is 19.3. The minimum absolute atomic E-state index is 0.382. The van der Waals surface area contributed by atoms with Gasteiger partial charge in [0, 0.05) is 17.0 Å². The van der Waals surface area contributed by atoms with E-state index in [1.165, 1.54) is 27.5 Å². The minimum Gasteiger partial charge on any atom is -0.457 e. The van der Waals surface area contributed by atoms with Crippen LogP contribution in [0.3, 0.4) is 0 Å². The molecule has 1 atom stereocenters. The van der Waals surface area contributed by atoms with Crippen molar-refractivity contribution in [3.63, 3.8) is 0 Å². The number of ether oxygens (including phenoxy) is 1. The average Bonchev–Trinajstić information content (AvgIpc) is 2.61. The molecule has 0 amide bonds. The van der Waals surface area contributed by atoms with Crippen LogP contribution < -0.4 is 4.74 Å². The first kappa shape index (κ1) is 15.0. The highest BCUT2D eigenvalue weighted by atomic mass is 16.5. The van der Waals surface area contributed by atoms with Gasteiger partial charge in [0.05, 0.1) is 0 Å².